The van der Waals surface area contributed by atoms with E-state index in [1.165, 1.54) is 19.3 Å². The Morgan fingerprint density at radius 2 is 1.56 bits per heavy atom. The monoisotopic (exact) mass is 127 g/mol. The molecule has 0 fully saturated rings. The van der Waals surface area contributed by atoms with E-state index in [-0.39, 0.29) is 0 Å². The van der Waals surface area contributed by atoms with E-state index in [9.17, 15) is 0 Å². The van der Waals surface area contributed by atoms with Gasteiger partial charge in [-0.2, -0.15) is 18.8 Å². The van der Waals surface area contributed by atoms with Crippen molar-refractivity contribution in [1.29, 1.82) is 0 Å². The van der Waals surface area contributed by atoms with Gasteiger partial charge in [0.25, 0.3) is 0 Å². The van der Waals surface area contributed by atoms with Gasteiger partial charge in [-0.15, -0.1) is 0 Å². The van der Waals surface area contributed by atoms with Crippen molar-refractivity contribution in [3.8, 4) is 0 Å². The van der Waals surface area contributed by atoms with Gasteiger partial charge < -0.3 is 5.92 Å². The highest BCUT2D eigenvalue weighted by atomic mass is 14.2. The van der Waals surface area contributed by atoms with Gasteiger partial charge in [0, 0.05) is 0 Å². The topological polar surface area (TPSA) is 0 Å². The first-order chi connectivity index (χ1) is 4.26. The van der Waals surface area contributed by atoms with E-state index in [1.807, 2.05) is 0 Å². The second-order valence-corrected chi connectivity index (χ2v) is 2.67. The van der Waals surface area contributed by atoms with Crippen LogP contribution in [0.15, 0.2) is 0 Å². The smallest absolute Gasteiger partial charge is 0.0676 e. The summed E-state index contributed by atoms with van der Waals surface area (Å²) in [5.74, 6) is 2.57. The summed E-state index contributed by atoms with van der Waals surface area (Å²) in [6, 6.07) is 0. The highest BCUT2D eigenvalue weighted by Crippen LogP contribution is 2.23. The lowest BCUT2D eigenvalue weighted by molar-refractivity contribution is 0.522. The fourth-order valence-corrected chi connectivity index (χ4v) is 1.24. The van der Waals surface area contributed by atoms with Gasteiger partial charge in [-0.1, -0.05) is 34.1 Å². The van der Waals surface area contributed by atoms with Gasteiger partial charge >= 0.3 is 0 Å². The van der Waals surface area contributed by atoms with Gasteiger partial charge in [0.1, 0.15) is 0 Å². The summed E-state index contributed by atoms with van der Waals surface area (Å²) < 4.78 is 0. The molecular formula is C9H19-. The molecule has 0 rings (SSSR count). The molecule has 0 saturated carbocycles. The fourth-order valence-electron chi connectivity index (χ4n) is 1.24. The molecular weight excluding hydrogens is 108 g/mol. The van der Waals surface area contributed by atoms with Crippen molar-refractivity contribution in [1.82, 2.24) is 0 Å². The summed E-state index contributed by atoms with van der Waals surface area (Å²) in [6.07, 6.45) is 3.84. The molecule has 0 bridgehead atoms. The van der Waals surface area contributed by atoms with Crippen LogP contribution in [0.4, 0.5) is 0 Å². The van der Waals surface area contributed by atoms with Crippen LogP contribution in [0, 0.1) is 11.8 Å². The maximum absolute atomic E-state index is 2.32. The molecule has 9 heavy (non-hydrogen) atoms. The SMILES string of the molecule is CC[C-](CC)C(C)CC. The molecule has 0 N–H and O–H groups in total. The van der Waals surface area contributed by atoms with Crippen LogP contribution >= 0.6 is 0 Å². The van der Waals surface area contributed by atoms with Gasteiger partial charge in [-0.3, -0.25) is 0 Å². The quantitative estimate of drug-likeness (QED) is 0.507. The zero-order chi connectivity index (χ0) is 7.28. The van der Waals surface area contributed by atoms with Crippen molar-refractivity contribution >= 4 is 0 Å². The molecule has 0 aliphatic carbocycles. The number of rotatable bonds is 4. The lowest BCUT2D eigenvalue weighted by Gasteiger charge is -2.33. The zero-order valence-electron chi connectivity index (χ0n) is 7.20. The Kier molecular flexibility index (Phi) is 4.84. The second kappa shape index (κ2) is 4.84. The maximum Gasteiger partial charge on any atom is -0.0676 e. The van der Waals surface area contributed by atoms with Gasteiger partial charge in [0.05, 0.1) is 0 Å². The Hall–Kier alpha value is 0. The van der Waals surface area contributed by atoms with E-state index in [4.69, 9.17) is 0 Å². The zero-order valence-corrected chi connectivity index (χ0v) is 7.20. The first kappa shape index (κ1) is 9.00. The lowest BCUT2D eigenvalue weighted by Crippen LogP contribution is -2.05. The van der Waals surface area contributed by atoms with Crippen molar-refractivity contribution in [2.24, 2.45) is 5.92 Å². The molecule has 0 aromatic heterocycles. The molecule has 0 aliphatic heterocycles. The molecule has 56 valence electrons. The minimum Gasteiger partial charge on any atom is -0.311 e. The Morgan fingerprint density at radius 1 is 1.11 bits per heavy atom. The highest BCUT2D eigenvalue weighted by Gasteiger charge is 1.95. The Balaban J connectivity index is 3.50. The predicted octanol–water partition coefficient (Wildman–Crippen LogP) is 3.43. The first-order valence-corrected chi connectivity index (χ1v) is 4.10. The maximum atomic E-state index is 2.32. The molecule has 0 nitrogen and oxygen atoms in total. The third-order valence-electron chi connectivity index (χ3n) is 2.22. The van der Waals surface area contributed by atoms with E-state index in [1.54, 1.807) is 5.92 Å². The second-order valence-electron chi connectivity index (χ2n) is 2.67. The fraction of sp³-hybridized carbons (Fsp3) is 0.889. The van der Waals surface area contributed by atoms with E-state index >= 15 is 0 Å². The Bertz CT molecular complexity index is 53.1. The van der Waals surface area contributed by atoms with E-state index in [2.05, 4.69) is 27.7 Å². The normalized spacial score (nSPS) is 14.3. The minimum absolute atomic E-state index is 0.847. The molecule has 0 radical (unpaired) electrons. The third-order valence-corrected chi connectivity index (χ3v) is 2.22. The average Bonchev–Trinajstić information content (AvgIpc) is 1.90. The van der Waals surface area contributed by atoms with Crippen LogP contribution in [-0.2, 0) is 0 Å². The Labute approximate surface area is 59.7 Å². The Morgan fingerprint density at radius 3 is 1.67 bits per heavy atom. The first-order valence-electron chi connectivity index (χ1n) is 4.10. The molecule has 0 aromatic carbocycles. The van der Waals surface area contributed by atoms with Crippen LogP contribution in [-0.4, -0.2) is 0 Å². The van der Waals surface area contributed by atoms with Crippen LogP contribution in [0.1, 0.15) is 47.0 Å². The summed E-state index contributed by atoms with van der Waals surface area (Å²) in [4.78, 5) is 0. The van der Waals surface area contributed by atoms with Crippen molar-refractivity contribution < 1.29 is 0 Å². The molecule has 1 atom stereocenters. The third kappa shape index (κ3) is 2.88. The minimum atomic E-state index is 0.847. The van der Waals surface area contributed by atoms with Crippen LogP contribution < -0.4 is 0 Å². The van der Waals surface area contributed by atoms with Crippen LogP contribution in [0.5, 0.6) is 0 Å². The van der Waals surface area contributed by atoms with Crippen LogP contribution in [0.25, 0.3) is 0 Å². The van der Waals surface area contributed by atoms with E-state index in [0.29, 0.717) is 0 Å². The summed E-state index contributed by atoms with van der Waals surface area (Å²) in [7, 11) is 0. The molecule has 0 spiro atoms. The lowest BCUT2D eigenvalue weighted by atomic mass is 9.88. The van der Waals surface area contributed by atoms with Crippen molar-refractivity contribution in [2.45, 2.75) is 47.0 Å². The molecule has 0 amide bonds. The number of hydrogen-bond acceptors (Lipinski definition) is 0. The average molecular weight is 127 g/mol. The van der Waals surface area contributed by atoms with Gasteiger partial charge in [-0.25, -0.2) is 0 Å². The molecule has 1 unspecified atom stereocenters. The molecule has 0 heteroatoms. The highest BCUT2D eigenvalue weighted by molar-refractivity contribution is 4.90. The van der Waals surface area contributed by atoms with Crippen molar-refractivity contribution in [2.75, 3.05) is 0 Å². The largest absolute Gasteiger partial charge is 0.311 e. The summed E-state index contributed by atoms with van der Waals surface area (Å²) in [6.45, 7) is 9.09. The van der Waals surface area contributed by atoms with Crippen molar-refractivity contribution in [3.05, 3.63) is 5.92 Å². The van der Waals surface area contributed by atoms with E-state index in [0.717, 1.165) is 5.92 Å². The van der Waals surface area contributed by atoms with Crippen LogP contribution in [0.2, 0.25) is 0 Å². The standard InChI is InChI=1S/C9H19/c1-5-8(4)9(6-2)7-3/h8H,5-7H2,1-4H3/q-1. The van der Waals surface area contributed by atoms with E-state index < -0.39 is 0 Å². The summed E-state index contributed by atoms with van der Waals surface area (Å²) in [5, 5.41) is 0. The van der Waals surface area contributed by atoms with Crippen LogP contribution in [0.3, 0.4) is 0 Å². The molecule has 0 heterocycles. The summed E-state index contributed by atoms with van der Waals surface area (Å²) >= 11 is 0. The summed E-state index contributed by atoms with van der Waals surface area (Å²) in [5.41, 5.74) is 0. The van der Waals surface area contributed by atoms with Gasteiger partial charge in [0.15, 0.2) is 0 Å². The van der Waals surface area contributed by atoms with Gasteiger partial charge in [0.2, 0.25) is 0 Å². The molecule has 0 aliphatic rings. The number of hydrogen-bond donors (Lipinski definition) is 0. The van der Waals surface area contributed by atoms with Crippen molar-refractivity contribution in [3.63, 3.8) is 0 Å². The van der Waals surface area contributed by atoms with Gasteiger partial charge in [-0.05, 0) is 0 Å². The molecule has 0 saturated heterocycles. The molecule has 0 aromatic rings. The predicted molar refractivity (Wildman–Crippen MR) is 43.3 cm³/mol.